The van der Waals surface area contributed by atoms with Crippen molar-refractivity contribution in [2.45, 2.75) is 0 Å². The van der Waals surface area contributed by atoms with Crippen LogP contribution in [-0.2, 0) is 68.3 Å². The van der Waals surface area contributed by atoms with Crippen LogP contribution in [0.5, 0.6) is 0 Å². The molecule has 0 saturated carbocycles. The molecular weight excluding hydrogens is 1450 g/mol. The first-order valence-electron chi connectivity index (χ1n) is 21.4. The van der Waals surface area contributed by atoms with Crippen LogP contribution in [-0.4, -0.2) is 117 Å². The van der Waals surface area contributed by atoms with Crippen molar-refractivity contribution in [2.24, 2.45) is 0 Å². The molecule has 2 aromatic heterocycles. The molecular formula is C46H38Cu4N14O28. The van der Waals surface area contributed by atoms with E-state index in [-0.39, 0.29) is 158 Å². The second-order valence-electron chi connectivity index (χ2n) is 14.4. The van der Waals surface area contributed by atoms with Crippen LogP contribution in [0.25, 0.3) is 0 Å². The molecule has 0 aliphatic rings. The zero-order valence-electron chi connectivity index (χ0n) is 44.6. The number of nitrogens with zero attached hydrogens (tertiary/aromatic N) is 12. The average Bonchev–Trinajstić information content (AvgIpc) is 2.85. The molecule has 42 nitrogen and oxygen atoms in total. The molecule has 0 fully saturated rings. The summed E-state index contributed by atoms with van der Waals surface area (Å²) < 4.78 is 2.56. The van der Waals surface area contributed by atoms with E-state index in [1.54, 1.807) is 0 Å². The molecule has 0 unspecified atom stereocenters. The number of benzene rings is 6. The summed E-state index contributed by atoms with van der Waals surface area (Å²) in [6.07, 6.45) is 5.67. The normalized spacial score (nSPS) is 8.43. The second kappa shape index (κ2) is 50.3. The molecule has 0 atom stereocenters. The fraction of sp³-hybridized carbons (Fsp3) is 0. The van der Waals surface area contributed by atoms with Crippen LogP contribution >= 0.6 is 0 Å². The number of carboxylic acids is 6. The number of aromatic nitrogens is 6. The number of carbonyl (C=O) groups excluding carboxylic acids is 6. The molecule has 0 spiro atoms. The third kappa shape index (κ3) is 38.5. The Kier molecular flexibility index (Phi) is 52.9. The first-order chi connectivity index (χ1) is 39.4. The van der Waals surface area contributed by atoms with Crippen LogP contribution < -0.4 is 42.3 Å². The minimum atomic E-state index is -1.34. The number of aromatic carboxylic acids is 6. The van der Waals surface area contributed by atoms with Crippen molar-refractivity contribution in [3.05, 3.63) is 265 Å². The number of carboxylic acid groups (broad SMARTS) is 6. The fourth-order valence-corrected chi connectivity index (χ4v) is 4.73. The molecule has 6 aromatic carbocycles. The van der Waals surface area contributed by atoms with Crippen molar-refractivity contribution in [3.8, 4) is 0 Å². The molecule has 92 heavy (non-hydrogen) atoms. The number of carbonyl (C=O) groups is 6. The minimum absolute atomic E-state index is 0. The second-order valence-corrected chi connectivity index (χ2v) is 14.4. The molecule has 10 N–H and O–H groups in total. The van der Waals surface area contributed by atoms with Gasteiger partial charge in [-0.1, -0.05) is 0 Å². The summed E-state index contributed by atoms with van der Waals surface area (Å²) in [6.45, 7) is 0. The van der Waals surface area contributed by atoms with Crippen molar-refractivity contribution >= 4 is 69.9 Å². The van der Waals surface area contributed by atoms with Crippen molar-refractivity contribution in [3.63, 3.8) is 0 Å². The van der Waals surface area contributed by atoms with Gasteiger partial charge in [-0.25, -0.2) is 9.35 Å². The monoisotopic (exact) mass is 1490 g/mol. The molecule has 0 amide bonds. The summed E-state index contributed by atoms with van der Waals surface area (Å²) in [5.74, 6) is 2.08. The molecule has 0 saturated heterocycles. The summed E-state index contributed by atoms with van der Waals surface area (Å²) in [7, 11) is 0. The molecule has 8 rings (SSSR count). The van der Waals surface area contributed by atoms with E-state index in [4.69, 9.17) is 11.7 Å². The summed E-state index contributed by atoms with van der Waals surface area (Å²) in [4.78, 5) is 118. The number of hydrogen-bond donors (Lipinski definition) is 2. The fourth-order valence-electron chi connectivity index (χ4n) is 4.73. The van der Waals surface area contributed by atoms with Gasteiger partial charge in [0.25, 0.3) is 34.1 Å². The standard InChI is InChI=1S/6C7H5NO4.2C2H4N4.4Cu.4H2O/c6*9-7(10)5-1-3-6(4-2-5)8(11)12;2*3-6-1-4-5-2-6;;;;;;;;/h6*1-4H,(H,9,10);2*1-2H,3H2;;;;;4*1H2/q;;;;;;;;4*+2;;;;/p-8. The third-order valence-corrected chi connectivity index (χ3v) is 8.76. The van der Waals surface area contributed by atoms with Crippen LogP contribution in [0.3, 0.4) is 0 Å². The van der Waals surface area contributed by atoms with Crippen molar-refractivity contribution in [1.82, 2.24) is 29.7 Å². The number of nitrogen functional groups attached to an aromatic ring is 2. The van der Waals surface area contributed by atoms with E-state index < -0.39 is 65.4 Å². The van der Waals surface area contributed by atoms with Crippen molar-refractivity contribution in [2.75, 3.05) is 11.7 Å². The van der Waals surface area contributed by atoms with E-state index in [2.05, 4.69) is 20.4 Å². The largest absolute Gasteiger partial charge is 2.00 e. The predicted molar refractivity (Wildman–Crippen MR) is 276 cm³/mol. The van der Waals surface area contributed by atoms with Gasteiger partial charge in [0.15, 0.2) is 0 Å². The molecule has 2 heterocycles. The first-order valence-corrected chi connectivity index (χ1v) is 21.4. The Morgan fingerprint density at radius 2 is 0.370 bits per heavy atom. The average molecular weight is 1490 g/mol. The maximum Gasteiger partial charge on any atom is 2.00 e. The van der Waals surface area contributed by atoms with Gasteiger partial charge in [0.2, 0.25) is 0 Å². The predicted octanol–water partition coefficient (Wildman–Crippen LogP) is -4.28. The number of hydrogen-bond acceptors (Lipinski definition) is 32. The Balaban J connectivity index is -0.000000146. The molecule has 0 aliphatic heterocycles. The van der Waals surface area contributed by atoms with E-state index in [0.717, 1.165) is 146 Å². The zero-order chi connectivity index (χ0) is 63.6. The number of nitro benzene ring substituents is 6. The zero-order valence-corrected chi connectivity index (χ0v) is 48.4. The molecule has 0 aliphatic carbocycles. The van der Waals surface area contributed by atoms with Gasteiger partial charge < -0.3 is 93.0 Å². The minimum Gasteiger partial charge on any atom is -0.870 e. The number of nitro groups is 6. The van der Waals surface area contributed by atoms with E-state index in [0.29, 0.717) is 0 Å². The molecule has 0 bridgehead atoms. The van der Waals surface area contributed by atoms with Crippen LogP contribution in [0.15, 0.2) is 171 Å². The van der Waals surface area contributed by atoms with Gasteiger partial charge in [0.05, 0.1) is 65.4 Å². The van der Waals surface area contributed by atoms with E-state index >= 15 is 0 Å². The first kappa shape index (κ1) is 96.6. The summed E-state index contributed by atoms with van der Waals surface area (Å²) in [5, 5.41) is 136. The third-order valence-electron chi connectivity index (χ3n) is 8.76. The topological polar surface area (TPSA) is 736 Å². The number of rotatable bonds is 12. The van der Waals surface area contributed by atoms with Gasteiger partial charge in [-0.2, -0.15) is 0 Å². The Morgan fingerprint density at radius 3 is 0.424 bits per heavy atom. The van der Waals surface area contributed by atoms with Gasteiger partial charge in [-0.15, -0.1) is 20.4 Å². The Bertz CT molecular complexity index is 2790. The maximum absolute atomic E-state index is 10.2. The Morgan fingerprint density at radius 1 is 0.272 bits per heavy atom. The van der Waals surface area contributed by atoms with Gasteiger partial charge >= 0.3 is 68.3 Å². The van der Waals surface area contributed by atoms with Crippen LogP contribution in [0, 0.1) is 60.7 Å². The van der Waals surface area contributed by atoms with E-state index in [1.807, 2.05) is 0 Å². The van der Waals surface area contributed by atoms with Crippen LogP contribution in [0.4, 0.5) is 34.1 Å². The smallest absolute Gasteiger partial charge is 0.870 e. The van der Waals surface area contributed by atoms with Gasteiger partial charge in [-0.3, -0.25) is 60.7 Å². The molecule has 46 heteroatoms. The Labute approximate surface area is 552 Å². The van der Waals surface area contributed by atoms with Gasteiger partial charge in [-0.05, 0) is 106 Å². The molecule has 504 valence electrons. The quantitative estimate of drug-likeness (QED) is 0.0506. The van der Waals surface area contributed by atoms with Gasteiger partial charge in [0.1, 0.15) is 25.3 Å². The Hall–Kier alpha value is -11.7. The summed E-state index contributed by atoms with van der Waals surface area (Å²) in [6, 6.07) is 27.0. The SMILES string of the molecule is Nn1cnnc1.Nn1cnnc1.O.O.O=C([O-])c1ccc([N+](=O)[O-])cc1.O=C([O-])c1ccc([N+](=O)[O-])cc1.O=C([O-])c1ccc([N+](=O)[O-])cc1.O=C([O-])c1ccc([N+](=O)[O-])cc1.O=C([O-])c1ccc([N+](=O)[O-])cc1.O=C([O-])c1ccc([N+](=O)[O-])cc1.[Cu+2].[Cu+2].[Cu+2].[Cu+2].[OH-].[OH-]. The summed E-state index contributed by atoms with van der Waals surface area (Å²) in [5.41, 5.74) is -1.25. The number of non-ortho nitro benzene ring substituents is 6. The molecule has 8 aromatic rings. The van der Waals surface area contributed by atoms with Crippen LogP contribution in [0.1, 0.15) is 62.1 Å². The van der Waals surface area contributed by atoms with Crippen molar-refractivity contribution < 1.29 is 179 Å². The molecule has 4 radical (unpaired) electrons. The van der Waals surface area contributed by atoms with E-state index in [9.17, 15) is 120 Å². The maximum atomic E-state index is 10.2. The van der Waals surface area contributed by atoms with Crippen molar-refractivity contribution in [1.29, 1.82) is 0 Å². The van der Waals surface area contributed by atoms with Gasteiger partial charge in [0, 0.05) is 72.8 Å². The van der Waals surface area contributed by atoms with Crippen LogP contribution in [0.2, 0.25) is 0 Å². The summed E-state index contributed by atoms with van der Waals surface area (Å²) >= 11 is 0. The van der Waals surface area contributed by atoms with E-state index in [1.165, 1.54) is 34.7 Å². The number of nitrogens with two attached hydrogens (primary N) is 2.